The van der Waals surface area contributed by atoms with E-state index in [2.05, 4.69) is 32.9 Å². The minimum atomic E-state index is -0.0554. The Labute approximate surface area is 206 Å². The van der Waals surface area contributed by atoms with Crippen molar-refractivity contribution in [3.05, 3.63) is 34.9 Å². The molecule has 0 amide bonds. The van der Waals surface area contributed by atoms with Crippen LogP contribution >= 0.6 is 0 Å². The molecular weight excluding hydrogens is 404 g/mol. The van der Waals surface area contributed by atoms with Crippen molar-refractivity contribution in [1.82, 2.24) is 0 Å². The first kappa shape index (κ1) is 29.7. The van der Waals surface area contributed by atoms with Crippen LogP contribution in [-0.2, 0) is 16.1 Å². The smallest absolute Gasteiger partial charge is 0.306 e. The van der Waals surface area contributed by atoms with Crippen molar-refractivity contribution in [2.24, 2.45) is 0 Å². The van der Waals surface area contributed by atoms with Gasteiger partial charge in [0.1, 0.15) is 6.61 Å². The zero-order valence-corrected chi connectivity index (χ0v) is 22.4. The molecule has 0 saturated heterocycles. The number of hydrogen-bond donors (Lipinski definition) is 0. The maximum absolute atomic E-state index is 11.9. The summed E-state index contributed by atoms with van der Waals surface area (Å²) in [4.78, 5) is 11.9. The Morgan fingerprint density at radius 3 is 1.45 bits per heavy atom. The second-order valence-corrected chi connectivity index (χ2v) is 10.2. The zero-order valence-electron chi connectivity index (χ0n) is 22.4. The van der Waals surface area contributed by atoms with Crippen LogP contribution in [0.4, 0.5) is 0 Å². The summed E-state index contributed by atoms with van der Waals surface area (Å²) >= 11 is 0. The van der Waals surface area contributed by atoms with Crippen molar-refractivity contribution < 1.29 is 9.53 Å². The van der Waals surface area contributed by atoms with Gasteiger partial charge in [0.05, 0.1) is 0 Å². The fourth-order valence-electron chi connectivity index (χ4n) is 4.48. The lowest BCUT2D eigenvalue weighted by Gasteiger charge is -2.07. The maximum atomic E-state index is 11.9. The van der Waals surface area contributed by atoms with Gasteiger partial charge in [-0.05, 0) is 37.0 Å². The number of hydrogen-bond acceptors (Lipinski definition) is 2. The number of esters is 1. The first-order valence-corrected chi connectivity index (χ1v) is 14.3. The highest BCUT2D eigenvalue weighted by Gasteiger charge is 2.04. The largest absolute Gasteiger partial charge is 0.461 e. The van der Waals surface area contributed by atoms with E-state index in [1.165, 1.54) is 120 Å². The molecule has 2 nitrogen and oxygen atoms in total. The third-order valence-corrected chi connectivity index (χ3v) is 6.96. The van der Waals surface area contributed by atoms with Gasteiger partial charge < -0.3 is 4.74 Å². The molecular formula is C31H54O2. The van der Waals surface area contributed by atoms with Gasteiger partial charge in [0, 0.05) is 6.42 Å². The molecule has 0 aromatic heterocycles. The fraction of sp³-hybridized carbons (Fsp3) is 0.774. The molecule has 0 aliphatic rings. The lowest BCUT2D eigenvalue weighted by Crippen LogP contribution is -2.04. The zero-order chi connectivity index (χ0) is 24.0. The minimum absolute atomic E-state index is 0.0554. The molecule has 33 heavy (non-hydrogen) atoms. The fourth-order valence-corrected chi connectivity index (χ4v) is 4.48. The second-order valence-electron chi connectivity index (χ2n) is 10.2. The molecule has 0 spiro atoms. The molecule has 0 aliphatic heterocycles. The van der Waals surface area contributed by atoms with Gasteiger partial charge in [-0.3, -0.25) is 4.79 Å². The van der Waals surface area contributed by atoms with Crippen LogP contribution in [0.3, 0.4) is 0 Å². The molecule has 0 heterocycles. The number of rotatable bonds is 22. The molecule has 190 valence electrons. The average Bonchev–Trinajstić information content (AvgIpc) is 2.81. The third kappa shape index (κ3) is 17.8. The maximum Gasteiger partial charge on any atom is 0.306 e. The Morgan fingerprint density at radius 2 is 1.03 bits per heavy atom. The van der Waals surface area contributed by atoms with Crippen LogP contribution in [0, 0.1) is 13.8 Å². The Balaban J connectivity index is 1.78. The molecule has 0 unspecified atom stereocenters. The van der Waals surface area contributed by atoms with E-state index in [0.29, 0.717) is 13.0 Å². The lowest BCUT2D eigenvalue weighted by atomic mass is 10.0. The Bertz CT molecular complexity index is 593. The van der Waals surface area contributed by atoms with Gasteiger partial charge in [0.15, 0.2) is 0 Å². The summed E-state index contributed by atoms with van der Waals surface area (Å²) in [6.45, 7) is 6.89. The molecule has 0 aliphatic carbocycles. The van der Waals surface area contributed by atoms with Gasteiger partial charge in [0.2, 0.25) is 0 Å². The van der Waals surface area contributed by atoms with Crippen LogP contribution in [-0.4, -0.2) is 5.97 Å². The molecule has 0 fully saturated rings. The van der Waals surface area contributed by atoms with E-state index >= 15 is 0 Å². The van der Waals surface area contributed by atoms with Gasteiger partial charge in [-0.1, -0.05) is 141 Å². The standard InChI is InChI=1S/C31H54O2/c1-4-5-6-7-8-9-10-11-12-13-14-15-16-17-18-19-20-21-22-23-31(32)33-27-30-25-24-28(2)29(3)26-30/h24-26H,4-23,27H2,1-3H3. The lowest BCUT2D eigenvalue weighted by molar-refractivity contribution is -0.145. The van der Waals surface area contributed by atoms with E-state index in [-0.39, 0.29) is 5.97 Å². The average molecular weight is 459 g/mol. The number of benzene rings is 1. The van der Waals surface area contributed by atoms with E-state index in [1.807, 2.05) is 6.07 Å². The first-order chi connectivity index (χ1) is 16.1. The van der Waals surface area contributed by atoms with Gasteiger partial charge in [-0.15, -0.1) is 0 Å². The van der Waals surface area contributed by atoms with Crippen molar-refractivity contribution >= 4 is 5.97 Å². The Morgan fingerprint density at radius 1 is 0.606 bits per heavy atom. The van der Waals surface area contributed by atoms with Gasteiger partial charge in [-0.2, -0.15) is 0 Å². The van der Waals surface area contributed by atoms with Crippen LogP contribution in [0.15, 0.2) is 18.2 Å². The monoisotopic (exact) mass is 458 g/mol. The summed E-state index contributed by atoms with van der Waals surface area (Å²) in [6, 6.07) is 6.25. The number of unbranched alkanes of at least 4 members (excludes halogenated alkanes) is 18. The van der Waals surface area contributed by atoms with E-state index in [0.717, 1.165) is 18.4 Å². The summed E-state index contributed by atoms with van der Waals surface area (Å²) in [6.07, 6.45) is 26.6. The van der Waals surface area contributed by atoms with E-state index in [9.17, 15) is 4.79 Å². The highest BCUT2D eigenvalue weighted by atomic mass is 16.5. The van der Waals surface area contributed by atoms with Gasteiger partial charge in [0.25, 0.3) is 0 Å². The highest BCUT2D eigenvalue weighted by Crippen LogP contribution is 2.15. The van der Waals surface area contributed by atoms with Crippen LogP contribution in [0.2, 0.25) is 0 Å². The predicted octanol–water partition coefficient (Wildman–Crippen LogP) is 10.2. The molecule has 0 N–H and O–H groups in total. The van der Waals surface area contributed by atoms with Crippen molar-refractivity contribution in [3.8, 4) is 0 Å². The topological polar surface area (TPSA) is 26.3 Å². The van der Waals surface area contributed by atoms with Crippen LogP contribution < -0.4 is 0 Å². The Hall–Kier alpha value is -1.31. The number of ether oxygens (including phenoxy) is 1. The van der Waals surface area contributed by atoms with Gasteiger partial charge >= 0.3 is 5.97 Å². The molecule has 0 atom stereocenters. The summed E-state index contributed by atoms with van der Waals surface area (Å²) in [5.41, 5.74) is 3.61. The Kier molecular flexibility index (Phi) is 19.1. The molecule has 1 aromatic carbocycles. The number of carbonyl (C=O) groups is 1. The SMILES string of the molecule is CCCCCCCCCCCCCCCCCCCCCC(=O)OCc1ccc(C)c(C)c1. The van der Waals surface area contributed by atoms with E-state index < -0.39 is 0 Å². The molecule has 1 rings (SSSR count). The van der Waals surface area contributed by atoms with E-state index in [4.69, 9.17) is 4.74 Å². The molecule has 1 aromatic rings. The van der Waals surface area contributed by atoms with Crippen molar-refractivity contribution in [3.63, 3.8) is 0 Å². The summed E-state index contributed by atoms with van der Waals surface area (Å²) in [7, 11) is 0. The summed E-state index contributed by atoms with van der Waals surface area (Å²) < 4.78 is 5.42. The third-order valence-electron chi connectivity index (χ3n) is 6.96. The van der Waals surface area contributed by atoms with Crippen LogP contribution in [0.5, 0.6) is 0 Å². The van der Waals surface area contributed by atoms with Crippen molar-refractivity contribution in [1.29, 1.82) is 0 Å². The van der Waals surface area contributed by atoms with Crippen molar-refractivity contribution in [2.45, 2.75) is 156 Å². The summed E-state index contributed by atoms with van der Waals surface area (Å²) in [5, 5.41) is 0. The summed E-state index contributed by atoms with van der Waals surface area (Å²) in [5.74, 6) is -0.0554. The normalized spacial score (nSPS) is 11.1. The highest BCUT2D eigenvalue weighted by molar-refractivity contribution is 5.69. The minimum Gasteiger partial charge on any atom is -0.461 e. The number of carbonyl (C=O) groups excluding carboxylic acids is 1. The second kappa shape index (κ2) is 21.2. The van der Waals surface area contributed by atoms with Gasteiger partial charge in [-0.25, -0.2) is 0 Å². The first-order valence-electron chi connectivity index (χ1n) is 14.3. The van der Waals surface area contributed by atoms with Crippen molar-refractivity contribution in [2.75, 3.05) is 0 Å². The number of aryl methyl sites for hydroxylation is 2. The van der Waals surface area contributed by atoms with E-state index in [1.54, 1.807) is 0 Å². The van der Waals surface area contributed by atoms with Crippen LogP contribution in [0.25, 0.3) is 0 Å². The quantitative estimate of drug-likeness (QED) is 0.128. The molecule has 0 saturated carbocycles. The predicted molar refractivity (Wildman–Crippen MR) is 144 cm³/mol. The molecule has 2 heteroatoms. The van der Waals surface area contributed by atoms with Crippen LogP contribution in [0.1, 0.15) is 152 Å². The molecule has 0 bridgehead atoms. The molecule has 0 radical (unpaired) electrons.